The SMILES string of the molecule is COc1cc(-c2ccc3c(c2)Nc2ccc(CCC(=O)N(C)C)cc2NC3=O)ccc1[N+](=O)[O-]. The molecule has 0 unspecified atom stereocenters. The van der Waals surface area contributed by atoms with Gasteiger partial charge in [-0.3, -0.25) is 19.7 Å². The molecule has 34 heavy (non-hydrogen) atoms. The number of nitrogens with zero attached hydrogens (tertiary/aromatic N) is 2. The maximum Gasteiger partial charge on any atom is 0.310 e. The molecule has 2 amide bonds. The predicted octanol–water partition coefficient (Wildman–Crippen LogP) is 4.60. The molecular weight excluding hydrogens is 436 g/mol. The van der Waals surface area contributed by atoms with Crippen LogP contribution in [0, 0.1) is 10.1 Å². The van der Waals surface area contributed by atoms with Crippen molar-refractivity contribution in [2.75, 3.05) is 31.8 Å². The highest BCUT2D eigenvalue weighted by Crippen LogP contribution is 2.37. The number of hydrogen-bond acceptors (Lipinski definition) is 6. The second kappa shape index (κ2) is 9.22. The van der Waals surface area contributed by atoms with E-state index in [9.17, 15) is 19.7 Å². The normalized spacial score (nSPS) is 11.9. The van der Waals surface area contributed by atoms with Crippen LogP contribution in [0.5, 0.6) is 5.75 Å². The van der Waals surface area contributed by atoms with Gasteiger partial charge in [0.25, 0.3) is 5.91 Å². The van der Waals surface area contributed by atoms with E-state index in [4.69, 9.17) is 4.74 Å². The molecule has 1 heterocycles. The molecule has 0 saturated carbocycles. The summed E-state index contributed by atoms with van der Waals surface area (Å²) in [5.41, 5.74) is 4.77. The minimum Gasteiger partial charge on any atom is -0.490 e. The third-order valence-electron chi connectivity index (χ3n) is 5.70. The average Bonchev–Trinajstić information content (AvgIpc) is 2.96. The zero-order chi connectivity index (χ0) is 24.4. The summed E-state index contributed by atoms with van der Waals surface area (Å²) in [7, 11) is 4.83. The Morgan fingerprint density at radius 2 is 1.71 bits per heavy atom. The van der Waals surface area contributed by atoms with Gasteiger partial charge in [-0.2, -0.15) is 0 Å². The quantitative estimate of drug-likeness (QED) is 0.411. The van der Waals surface area contributed by atoms with Crippen LogP contribution < -0.4 is 15.4 Å². The molecule has 0 radical (unpaired) electrons. The Bertz CT molecular complexity index is 1300. The van der Waals surface area contributed by atoms with Crippen LogP contribution in [0.3, 0.4) is 0 Å². The van der Waals surface area contributed by atoms with Gasteiger partial charge in [0.1, 0.15) is 0 Å². The zero-order valence-corrected chi connectivity index (χ0v) is 19.0. The summed E-state index contributed by atoms with van der Waals surface area (Å²) in [5, 5.41) is 17.4. The standard InChI is InChI=1S/C25H24N4O5/c1-28(2)24(30)11-5-15-4-9-19-21(12-15)27-25(31)18-8-6-16(13-20(18)26-19)17-7-10-22(29(32)33)23(14-17)34-3/h4,6-10,12-14,26H,5,11H2,1-3H3,(H,27,31). The number of benzene rings is 3. The van der Waals surface area contributed by atoms with Crippen molar-refractivity contribution in [3.63, 3.8) is 0 Å². The van der Waals surface area contributed by atoms with Crippen molar-refractivity contribution >= 4 is 34.6 Å². The van der Waals surface area contributed by atoms with Gasteiger partial charge in [0.15, 0.2) is 5.75 Å². The van der Waals surface area contributed by atoms with Crippen LogP contribution in [-0.2, 0) is 11.2 Å². The highest BCUT2D eigenvalue weighted by molar-refractivity contribution is 6.12. The minimum absolute atomic E-state index is 0.0416. The predicted molar refractivity (Wildman–Crippen MR) is 130 cm³/mol. The van der Waals surface area contributed by atoms with Crippen LogP contribution >= 0.6 is 0 Å². The van der Waals surface area contributed by atoms with E-state index in [1.807, 2.05) is 24.3 Å². The molecule has 174 valence electrons. The number of methoxy groups -OCH3 is 1. The van der Waals surface area contributed by atoms with Crippen LogP contribution in [0.15, 0.2) is 54.6 Å². The molecular formula is C25H24N4O5. The molecule has 0 aromatic heterocycles. The van der Waals surface area contributed by atoms with Crippen LogP contribution in [0.4, 0.5) is 22.7 Å². The van der Waals surface area contributed by atoms with E-state index in [0.717, 1.165) is 22.4 Å². The Morgan fingerprint density at radius 3 is 2.41 bits per heavy atom. The monoisotopic (exact) mass is 460 g/mol. The smallest absolute Gasteiger partial charge is 0.310 e. The lowest BCUT2D eigenvalue weighted by atomic mass is 10.0. The molecule has 0 saturated heterocycles. The summed E-state index contributed by atoms with van der Waals surface area (Å²) in [4.78, 5) is 37.1. The molecule has 3 aromatic carbocycles. The largest absolute Gasteiger partial charge is 0.490 e. The first-order valence-electron chi connectivity index (χ1n) is 10.6. The number of amides is 2. The number of aryl methyl sites for hydroxylation is 1. The maximum absolute atomic E-state index is 12.9. The van der Waals surface area contributed by atoms with Gasteiger partial charge in [-0.15, -0.1) is 0 Å². The van der Waals surface area contributed by atoms with Gasteiger partial charge >= 0.3 is 5.69 Å². The van der Waals surface area contributed by atoms with Gasteiger partial charge in [-0.1, -0.05) is 12.1 Å². The molecule has 9 nitrogen and oxygen atoms in total. The summed E-state index contributed by atoms with van der Waals surface area (Å²) in [6, 6.07) is 15.7. The van der Waals surface area contributed by atoms with Crippen molar-refractivity contribution in [3.05, 3.63) is 75.8 Å². The number of fused-ring (bicyclic) bond motifs is 2. The fourth-order valence-corrected chi connectivity index (χ4v) is 3.80. The zero-order valence-electron chi connectivity index (χ0n) is 19.0. The number of carbonyl (C=O) groups is 2. The first-order chi connectivity index (χ1) is 16.3. The Kier molecular flexibility index (Phi) is 6.18. The molecule has 4 rings (SSSR count). The molecule has 0 fully saturated rings. The third-order valence-corrected chi connectivity index (χ3v) is 5.70. The second-order valence-corrected chi connectivity index (χ2v) is 8.15. The van der Waals surface area contributed by atoms with Crippen molar-refractivity contribution in [3.8, 4) is 16.9 Å². The van der Waals surface area contributed by atoms with E-state index >= 15 is 0 Å². The van der Waals surface area contributed by atoms with E-state index in [1.54, 1.807) is 43.3 Å². The Hall–Kier alpha value is -4.40. The summed E-state index contributed by atoms with van der Waals surface area (Å²) in [6.45, 7) is 0. The molecule has 0 spiro atoms. The van der Waals surface area contributed by atoms with Crippen molar-refractivity contribution in [2.24, 2.45) is 0 Å². The lowest BCUT2D eigenvalue weighted by Crippen LogP contribution is -2.21. The maximum atomic E-state index is 12.9. The van der Waals surface area contributed by atoms with Crippen molar-refractivity contribution in [1.82, 2.24) is 4.90 Å². The molecule has 0 aliphatic carbocycles. The Morgan fingerprint density at radius 1 is 0.971 bits per heavy atom. The summed E-state index contributed by atoms with van der Waals surface area (Å²) in [5.74, 6) is -0.0516. The van der Waals surface area contributed by atoms with Crippen molar-refractivity contribution in [1.29, 1.82) is 0 Å². The van der Waals surface area contributed by atoms with E-state index in [2.05, 4.69) is 10.6 Å². The third kappa shape index (κ3) is 4.54. The number of nitro groups is 1. The summed E-state index contributed by atoms with van der Waals surface area (Å²) in [6.07, 6.45) is 0.953. The van der Waals surface area contributed by atoms with Gasteiger partial charge in [-0.05, 0) is 59.5 Å². The highest BCUT2D eigenvalue weighted by Gasteiger charge is 2.21. The Labute approximate surface area is 196 Å². The average molecular weight is 460 g/mol. The van der Waals surface area contributed by atoms with Gasteiger partial charge in [-0.25, -0.2) is 0 Å². The number of rotatable bonds is 6. The number of anilines is 3. The van der Waals surface area contributed by atoms with E-state index in [0.29, 0.717) is 29.8 Å². The van der Waals surface area contributed by atoms with Crippen LogP contribution in [0.2, 0.25) is 0 Å². The van der Waals surface area contributed by atoms with Crippen molar-refractivity contribution < 1.29 is 19.2 Å². The lowest BCUT2D eigenvalue weighted by molar-refractivity contribution is -0.385. The fourth-order valence-electron chi connectivity index (χ4n) is 3.80. The molecule has 0 bridgehead atoms. The van der Waals surface area contributed by atoms with Crippen molar-refractivity contribution in [2.45, 2.75) is 12.8 Å². The van der Waals surface area contributed by atoms with Crippen LogP contribution in [0.25, 0.3) is 11.1 Å². The van der Waals surface area contributed by atoms with E-state index in [1.165, 1.54) is 13.2 Å². The summed E-state index contributed by atoms with van der Waals surface area (Å²) < 4.78 is 5.18. The molecule has 3 aromatic rings. The number of nitrogens with one attached hydrogen (secondary N) is 2. The van der Waals surface area contributed by atoms with Gasteiger partial charge in [0.2, 0.25) is 5.91 Å². The second-order valence-electron chi connectivity index (χ2n) is 8.15. The molecule has 9 heteroatoms. The lowest BCUT2D eigenvalue weighted by Gasteiger charge is -2.13. The van der Waals surface area contributed by atoms with E-state index in [-0.39, 0.29) is 23.3 Å². The van der Waals surface area contributed by atoms with Gasteiger partial charge in [0, 0.05) is 26.6 Å². The first-order valence-corrected chi connectivity index (χ1v) is 10.6. The minimum atomic E-state index is -0.493. The number of carbonyl (C=O) groups excluding carboxylic acids is 2. The van der Waals surface area contributed by atoms with Crippen LogP contribution in [0.1, 0.15) is 22.3 Å². The molecule has 1 aliphatic heterocycles. The van der Waals surface area contributed by atoms with Crippen LogP contribution in [-0.4, -0.2) is 42.8 Å². The Balaban J connectivity index is 1.64. The summed E-state index contributed by atoms with van der Waals surface area (Å²) >= 11 is 0. The number of nitro benzene ring substituents is 1. The number of hydrogen-bond donors (Lipinski definition) is 2. The van der Waals surface area contributed by atoms with Gasteiger partial charge < -0.3 is 20.3 Å². The first kappa shape index (κ1) is 22.8. The fraction of sp³-hybridized carbons (Fsp3) is 0.200. The van der Waals surface area contributed by atoms with Gasteiger partial charge in [0.05, 0.1) is 34.7 Å². The highest BCUT2D eigenvalue weighted by atomic mass is 16.6. The molecule has 0 atom stereocenters. The molecule has 2 N–H and O–H groups in total. The molecule has 1 aliphatic rings. The topological polar surface area (TPSA) is 114 Å². The van der Waals surface area contributed by atoms with E-state index < -0.39 is 4.92 Å². The number of ether oxygens (including phenoxy) is 1.